The lowest BCUT2D eigenvalue weighted by Gasteiger charge is -2.44. The molecule has 0 spiro atoms. The molecule has 1 aromatic carbocycles. The van der Waals surface area contributed by atoms with Crippen molar-refractivity contribution in [1.29, 1.82) is 0 Å². The summed E-state index contributed by atoms with van der Waals surface area (Å²) < 4.78 is 26.2. The predicted octanol–water partition coefficient (Wildman–Crippen LogP) is 2.40. The molecule has 8 heteroatoms. The van der Waals surface area contributed by atoms with Crippen LogP contribution < -0.4 is 10.6 Å². The second kappa shape index (κ2) is 7.94. The maximum Gasteiger partial charge on any atom is 0.242 e. The van der Waals surface area contributed by atoms with Gasteiger partial charge in [-0.3, -0.25) is 4.79 Å². The molecule has 2 unspecified atom stereocenters. The Morgan fingerprint density at radius 1 is 1.18 bits per heavy atom. The van der Waals surface area contributed by atoms with Crippen LogP contribution in [0.4, 0.5) is 5.69 Å². The van der Waals surface area contributed by atoms with Crippen LogP contribution in [0.5, 0.6) is 0 Å². The Labute approximate surface area is 173 Å². The van der Waals surface area contributed by atoms with Crippen LogP contribution >= 0.6 is 12.4 Å². The lowest BCUT2D eigenvalue weighted by Crippen LogP contribution is -2.49. The number of halogens is 1. The van der Waals surface area contributed by atoms with Gasteiger partial charge in [0.05, 0.1) is 4.90 Å². The zero-order valence-corrected chi connectivity index (χ0v) is 18.1. The van der Waals surface area contributed by atoms with Crippen LogP contribution in [0.2, 0.25) is 0 Å². The highest BCUT2D eigenvalue weighted by Gasteiger charge is 2.42. The highest BCUT2D eigenvalue weighted by Crippen LogP contribution is 2.43. The molecule has 0 radical (unpaired) electrons. The third kappa shape index (κ3) is 3.58. The third-order valence-electron chi connectivity index (χ3n) is 6.76. The van der Waals surface area contributed by atoms with Crippen molar-refractivity contribution in [2.75, 3.05) is 25.5 Å². The molecule has 0 aromatic heterocycles. The van der Waals surface area contributed by atoms with Crippen LogP contribution in [0.25, 0.3) is 0 Å². The Balaban J connectivity index is 0.00000225. The minimum Gasteiger partial charge on any atom is -0.327 e. The van der Waals surface area contributed by atoms with Gasteiger partial charge in [0.25, 0.3) is 0 Å². The second-order valence-corrected chi connectivity index (χ2v) is 10.7. The number of anilines is 1. The summed E-state index contributed by atoms with van der Waals surface area (Å²) in [5.41, 5.74) is 8.19. The van der Waals surface area contributed by atoms with Gasteiger partial charge in [0.15, 0.2) is 0 Å². The highest BCUT2D eigenvalue weighted by molar-refractivity contribution is 7.89. The van der Waals surface area contributed by atoms with Crippen molar-refractivity contribution in [3.05, 3.63) is 23.8 Å². The zero-order chi connectivity index (χ0) is 19.3. The number of fused-ring (bicyclic) bond motifs is 3. The van der Waals surface area contributed by atoms with E-state index in [1.54, 1.807) is 12.1 Å². The molecule has 0 saturated heterocycles. The molecule has 28 heavy (non-hydrogen) atoms. The predicted molar refractivity (Wildman–Crippen MR) is 112 cm³/mol. The van der Waals surface area contributed by atoms with E-state index in [0.29, 0.717) is 18.4 Å². The van der Waals surface area contributed by atoms with Crippen LogP contribution in [0.15, 0.2) is 23.1 Å². The molecular formula is C20H30ClN3O3S. The number of benzene rings is 1. The number of nitrogens with two attached hydrogens (primary N) is 1. The number of sulfonamides is 1. The highest BCUT2D eigenvalue weighted by atomic mass is 35.5. The first kappa shape index (κ1) is 21.6. The molecule has 2 N–H and O–H groups in total. The van der Waals surface area contributed by atoms with E-state index in [2.05, 4.69) is 0 Å². The van der Waals surface area contributed by atoms with E-state index in [1.165, 1.54) is 24.8 Å². The van der Waals surface area contributed by atoms with Gasteiger partial charge < -0.3 is 10.6 Å². The zero-order valence-electron chi connectivity index (χ0n) is 16.5. The largest absolute Gasteiger partial charge is 0.327 e. The number of carbonyl (C=O) groups is 1. The summed E-state index contributed by atoms with van der Waals surface area (Å²) in [6, 6.07) is 5.41. The fraction of sp³-hybridized carbons (Fsp3) is 0.650. The normalized spacial score (nSPS) is 29.4. The Bertz CT molecular complexity index is 844. The summed E-state index contributed by atoms with van der Waals surface area (Å²) >= 11 is 0. The average Bonchev–Trinajstić information content (AvgIpc) is 3.03. The molecule has 2 atom stereocenters. The topological polar surface area (TPSA) is 83.7 Å². The Morgan fingerprint density at radius 3 is 2.43 bits per heavy atom. The maximum absolute atomic E-state index is 13.3. The molecule has 1 heterocycles. The van der Waals surface area contributed by atoms with E-state index in [4.69, 9.17) is 5.73 Å². The molecule has 156 valence electrons. The van der Waals surface area contributed by atoms with Gasteiger partial charge in [-0.25, -0.2) is 12.7 Å². The van der Waals surface area contributed by atoms with Crippen molar-refractivity contribution in [3.63, 3.8) is 0 Å². The Hall–Kier alpha value is -1.15. The monoisotopic (exact) mass is 427 g/mol. The van der Waals surface area contributed by atoms with Gasteiger partial charge in [0.2, 0.25) is 15.9 Å². The van der Waals surface area contributed by atoms with Gasteiger partial charge in [-0.2, -0.15) is 0 Å². The van der Waals surface area contributed by atoms with Gasteiger partial charge in [-0.05, 0) is 61.6 Å². The third-order valence-corrected chi connectivity index (χ3v) is 8.57. The summed E-state index contributed by atoms with van der Waals surface area (Å²) in [6.07, 6.45) is 6.01. The lowest BCUT2D eigenvalue weighted by atomic mass is 9.65. The van der Waals surface area contributed by atoms with Gasteiger partial charge >= 0.3 is 0 Å². The molecule has 1 aromatic rings. The van der Waals surface area contributed by atoms with Crippen molar-refractivity contribution in [2.24, 2.45) is 23.5 Å². The SMILES string of the molecule is CN(C)S(=O)(=O)c1ccc2c(c1)N(C(=O)C1CC3CCCC(C1)C3N)CC2.Cl. The molecule has 2 bridgehead atoms. The van der Waals surface area contributed by atoms with E-state index in [1.807, 2.05) is 11.0 Å². The minimum atomic E-state index is -3.51. The van der Waals surface area contributed by atoms with Crippen LogP contribution in [0.1, 0.15) is 37.7 Å². The maximum atomic E-state index is 13.3. The summed E-state index contributed by atoms with van der Waals surface area (Å²) in [6.45, 7) is 0.636. The van der Waals surface area contributed by atoms with E-state index < -0.39 is 10.0 Å². The number of amides is 1. The van der Waals surface area contributed by atoms with Gasteiger partial charge in [-0.1, -0.05) is 12.5 Å². The Morgan fingerprint density at radius 2 is 1.82 bits per heavy atom. The minimum absolute atomic E-state index is 0. The van der Waals surface area contributed by atoms with Gasteiger partial charge in [0, 0.05) is 38.3 Å². The van der Waals surface area contributed by atoms with Crippen molar-refractivity contribution >= 4 is 34.0 Å². The second-order valence-electron chi connectivity index (χ2n) is 8.51. The number of hydrogen-bond donors (Lipinski definition) is 1. The number of hydrogen-bond acceptors (Lipinski definition) is 4. The number of nitrogens with zero attached hydrogens (tertiary/aromatic N) is 2. The standard InChI is InChI=1S/C20H29N3O3S.ClH/c1-22(2)27(25,26)17-7-6-13-8-9-23(18(13)12-17)20(24)16-10-14-4-3-5-15(11-16)19(14)21;/h6-7,12,14-16,19H,3-5,8-11,21H2,1-2H3;1H. The van der Waals surface area contributed by atoms with Crippen molar-refractivity contribution < 1.29 is 13.2 Å². The summed E-state index contributed by atoms with van der Waals surface area (Å²) in [7, 11) is -0.467. The summed E-state index contributed by atoms with van der Waals surface area (Å²) in [5, 5.41) is 0. The molecule has 3 aliphatic rings. The molecule has 2 fully saturated rings. The quantitative estimate of drug-likeness (QED) is 0.802. The van der Waals surface area contributed by atoms with Crippen LogP contribution in [0.3, 0.4) is 0 Å². The lowest BCUT2D eigenvalue weighted by molar-refractivity contribution is -0.125. The van der Waals surface area contributed by atoms with E-state index in [9.17, 15) is 13.2 Å². The van der Waals surface area contributed by atoms with Gasteiger partial charge in [0.1, 0.15) is 0 Å². The van der Waals surface area contributed by atoms with Crippen molar-refractivity contribution in [3.8, 4) is 0 Å². The fourth-order valence-electron chi connectivity index (χ4n) is 5.17. The Kier molecular flexibility index (Phi) is 6.11. The van der Waals surface area contributed by atoms with Gasteiger partial charge in [-0.15, -0.1) is 12.4 Å². The van der Waals surface area contributed by atoms with E-state index in [0.717, 1.165) is 43.4 Å². The average molecular weight is 428 g/mol. The van der Waals surface area contributed by atoms with Crippen molar-refractivity contribution in [2.45, 2.75) is 49.5 Å². The summed E-state index contributed by atoms with van der Waals surface area (Å²) in [5.74, 6) is 1.07. The molecule has 6 nitrogen and oxygen atoms in total. The molecule has 4 rings (SSSR count). The van der Waals surface area contributed by atoms with Crippen LogP contribution in [-0.2, 0) is 21.2 Å². The first-order valence-electron chi connectivity index (χ1n) is 9.91. The molecule has 2 aliphatic carbocycles. The first-order valence-corrected chi connectivity index (χ1v) is 11.4. The van der Waals surface area contributed by atoms with E-state index in [-0.39, 0.29) is 35.2 Å². The smallest absolute Gasteiger partial charge is 0.242 e. The van der Waals surface area contributed by atoms with Crippen LogP contribution in [-0.4, -0.2) is 45.3 Å². The molecule has 1 aliphatic heterocycles. The summed E-state index contributed by atoms with van der Waals surface area (Å²) in [4.78, 5) is 15.4. The molecular weight excluding hydrogens is 398 g/mol. The first-order chi connectivity index (χ1) is 12.8. The number of rotatable bonds is 3. The molecule has 1 amide bonds. The van der Waals surface area contributed by atoms with Crippen LogP contribution in [0, 0.1) is 17.8 Å². The van der Waals surface area contributed by atoms with Crippen molar-refractivity contribution in [1.82, 2.24) is 4.31 Å². The van der Waals surface area contributed by atoms with E-state index >= 15 is 0 Å². The number of carbonyl (C=O) groups excluding carboxylic acids is 1. The fourth-order valence-corrected chi connectivity index (χ4v) is 6.09. The molecule has 2 saturated carbocycles.